The van der Waals surface area contributed by atoms with Crippen LogP contribution in [0.1, 0.15) is 29.9 Å². The van der Waals surface area contributed by atoms with Gasteiger partial charge in [-0.3, -0.25) is 24.0 Å². The van der Waals surface area contributed by atoms with Crippen LogP contribution in [0.4, 0.5) is 10.1 Å². The molecular weight excluding hydrogens is 617 g/mol. The molecule has 2 aromatic heterocycles. The lowest BCUT2D eigenvalue weighted by Crippen LogP contribution is -2.52. The number of para-hydroxylation sites is 1. The Kier molecular flexibility index (Phi) is 9.83. The zero-order valence-electron chi connectivity index (χ0n) is 25.5. The van der Waals surface area contributed by atoms with Crippen molar-refractivity contribution in [3.63, 3.8) is 0 Å². The highest BCUT2D eigenvalue weighted by atomic mass is 35.5. The molecule has 0 unspecified atom stereocenters. The smallest absolute Gasteiger partial charge is 0.323 e. The highest BCUT2D eigenvalue weighted by Crippen LogP contribution is 2.33. The molecule has 13 heteroatoms. The number of amides is 1. The van der Waals surface area contributed by atoms with Gasteiger partial charge in [0.15, 0.2) is 11.6 Å². The fourth-order valence-corrected chi connectivity index (χ4v) is 4.91. The number of methoxy groups -OCH3 is 1. The minimum atomic E-state index is -1.60. The van der Waals surface area contributed by atoms with Gasteiger partial charge < -0.3 is 25.6 Å². The molecule has 5 aromatic rings. The van der Waals surface area contributed by atoms with Crippen LogP contribution >= 0.6 is 12.4 Å². The van der Waals surface area contributed by atoms with Crippen molar-refractivity contribution < 1.29 is 28.6 Å². The molecule has 5 rings (SSSR count). The molecule has 2 heterocycles. The van der Waals surface area contributed by atoms with Crippen LogP contribution in [0, 0.1) is 18.7 Å². The summed E-state index contributed by atoms with van der Waals surface area (Å²) < 4.78 is 29.2. The summed E-state index contributed by atoms with van der Waals surface area (Å²) in [5.41, 5.74) is 5.13. The third-order valence-electron chi connectivity index (χ3n) is 7.88. The number of aromatic nitrogens is 3. The Labute approximate surface area is 269 Å². The van der Waals surface area contributed by atoms with Crippen molar-refractivity contribution >= 4 is 40.9 Å². The predicted octanol–water partition coefficient (Wildman–Crippen LogP) is 5.55. The summed E-state index contributed by atoms with van der Waals surface area (Å²) in [6, 6.07) is 19.4. The van der Waals surface area contributed by atoms with Crippen LogP contribution in [0.25, 0.3) is 16.6 Å². The van der Waals surface area contributed by atoms with E-state index in [4.69, 9.17) is 15.2 Å². The number of carbonyl (C=O) groups excluding carboxylic acids is 1. The number of anilines is 1. The summed E-state index contributed by atoms with van der Waals surface area (Å²) in [5, 5.41) is 12.9. The number of nitrogens with two attached hydrogens (primary N) is 1. The first-order valence-electron chi connectivity index (χ1n) is 14.0. The Morgan fingerprint density at radius 1 is 1.09 bits per heavy atom. The number of pyridine rings is 1. The van der Waals surface area contributed by atoms with Gasteiger partial charge in [-0.15, -0.1) is 12.4 Å². The fourth-order valence-electron chi connectivity index (χ4n) is 4.91. The van der Waals surface area contributed by atoms with Crippen molar-refractivity contribution in [3.8, 4) is 22.9 Å². The number of ether oxygens (including phenoxy) is 2. The molecule has 3 aromatic carbocycles. The molecule has 0 bridgehead atoms. The van der Waals surface area contributed by atoms with E-state index in [1.807, 2.05) is 0 Å². The van der Waals surface area contributed by atoms with E-state index >= 15 is 4.39 Å². The van der Waals surface area contributed by atoms with E-state index in [9.17, 15) is 19.5 Å². The molecule has 0 saturated carbocycles. The van der Waals surface area contributed by atoms with Crippen LogP contribution in [-0.4, -0.2) is 44.0 Å². The number of hydrogen-bond acceptors (Lipinski definition) is 7. The number of aliphatic carboxylic acids is 1. The van der Waals surface area contributed by atoms with E-state index < -0.39 is 34.7 Å². The van der Waals surface area contributed by atoms with Gasteiger partial charge in [-0.1, -0.05) is 25.1 Å². The monoisotopic (exact) mass is 649 g/mol. The van der Waals surface area contributed by atoms with E-state index in [0.29, 0.717) is 28.1 Å². The summed E-state index contributed by atoms with van der Waals surface area (Å²) in [7, 11) is 1.55. The van der Waals surface area contributed by atoms with Gasteiger partial charge in [-0.2, -0.15) is 0 Å². The fraction of sp³-hybridized carbons (Fsp3) is 0.212. The topological polar surface area (TPSA) is 151 Å². The summed E-state index contributed by atoms with van der Waals surface area (Å²) >= 11 is 0. The zero-order chi connectivity index (χ0) is 32.5. The molecule has 1 amide bonds. The van der Waals surface area contributed by atoms with Crippen LogP contribution in [0.2, 0.25) is 0 Å². The van der Waals surface area contributed by atoms with Crippen molar-refractivity contribution in [3.05, 3.63) is 106 Å². The average molecular weight is 650 g/mol. The van der Waals surface area contributed by atoms with Crippen molar-refractivity contribution in [1.82, 2.24) is 14.3 Å². The Morgan fingerprint density at radius 2 is 1.80 bits per heavy atom. The summed E-state index contributed by atoms with van der Waals surface area (Å²) in [6.45, 7) is 4.67. The maximum Gasteiger partial charge on any atom is 0.323 e. The Balaban J connectivity index is 0.00000480. The minimum absolute atomic E-state index is 0. The van der Waals surface area contributed by atoms with Crippen molar-refractivity contribution in [1.29, 1.82) is 0 Å². The normalized spacial score (nSPS) is 12.9. The van der Waals surface area contributed by atoms with Gasteiger partial charge in [0.1, 0.15) is 22.6 Å². The molecule has 2 atom stereocenters. The zero-order valence-corrected chi connectivity index (χ0v) is 26.3. The van der Waals surface area contributed by atoms with Crippen LogP contribution in [0.3, 0.4) is 0 Å². The van der Waals surface area contributed by atoms with Crippen LogP contribution in [-0.2, 0) is 11.3 Å². The van der Waals surface area contributed by atoms with E-state index in [1.54, 1.807) is 75.6 Å². The van der Waals surface area contributed by atoms with Gasteiger partial charge in [-0.05, 0) is 56.3 Å². The molecule has 240 valence electrons. The van der Waals surface area contributed by atoms with Gasteiger partial charge in [0, 0.05) is 41.9 Å². The second-order valence-electron chi connectivity index (χ2n) is 10.9. The van der Waals surface area contributed by atoms with Gasteiger partial charge in [-0.25, -0.2) is 9.07 Å². The van der Waals surface area contributed by atoms with Crippen molar-refractivity contribution in [2.24, 2.45) is 11.7 Å². The van der Waals surface area contributed by atoms with Crippen LogP contribution in [0.15, 0.2) is 83.8 Å². The number of nitrogens with one attached hydrogen (secondary N) is 1. The molecule has 46 heavy (non-hydrogen) atoms. The Morgan fingerprint density at radius 3 is 2.46 bits per heavy atom. The molecule has 0 spiro atoms. The maximum atomic E-state index is 15.2. The van der Waals surface area contributed by atoms with Crippen molar-refractivity contribution in [2.45, 2.75) is 32.9 Å². The Bertz CT molecular complexity index is 1980. The van der Waals surface area contributed by atoms with E-state index in [0.717, 1.165) is 6.07 Å². The number of halogens is 2. The molecule has 0 fully saturated rings. The van der Waals surface area contributed by atoms with Crippen LogP contribution in [0.5, 0.6) is 17.2 Å². The first kappa shape index (κ1) is 33.7. The average Bonchev–Trinajstić information content (AvgIpc) is 3.26. The highest BCUT2D eigenvalue weighted by Gasteiger charge is 2.36. The molecule has 0 aliphatic rings. The first-order chi connectivity index (χ1) is 21.4. The molecule has 0 aliphatic carbocycles. The number of fused-ring (bicyclic) bond motifs is 1. The van der Waals surface area contributed by atoms with Gasteiger partial charge in [0.05, 0.1) is 24.0 Å². The highest BCUT2D eigenvalue weighted by molar-refractivity contribution is 6.05. The SMILES string of the molecule is COc1ccc2c(Oc3ccc(NC(=O)c4c(C)n(C[C@H](C)[C@](C)(N)C(=O)O)n(-c5ccccc5)c4=O)cc3F)ccnc2c1.Cl. The quantitative estimate of drug-likeness (QED) is 0.178. The number of rotatable bonds is 10. The molecule has 11 nitrogen and oxygen atoms in total. The third kappa shape index (κ3) is 6.44. The van der Waals surface area contributed by atoms with E-state index in [-0.39, 0.29) is 41.6 Å². The number of carboxylic acid groups (broad SMARTS) is 1. The number of carboxylic acids is 1. The van der Waals surface area contributed by atoms with E-state index in [2.05, 4.69) is 10.3 Å². The van der Waals surface area contributed by atoms with Crippen LogP contribution < -0.4 is 26.1 Å². The predicted molar refractivity (Wildman–Crippen MR) is 174 cm³/mol. The standard InChI is InChI=1S/C33H32FN5O6.ClH/c1-19(33(3,35)32(42)43)18-38-20(2)29(31(41)39(38)22-8-6-5-7-9-22)30(40)37-21-10-13-28(25(34)16-21)45-27-14-15-36-26-17-23(44-4)11-12-24(26)27;/h5-17,19H,18,35H2,1-4H3,(H,37,40)(H,42,43);1H/t19-,33-;/m0./s1. The number of benzene rings is 3. The number of carbonyl (C=O) groups is 2. The molecular formula is C33H33ClFN5O6. The minimum Gasteiger partial charge on any atom is -0.497 e. The van der Waals surface area contributed by atoms with Gasteiger partial charge >= 0.3 is 5.97 Å². The van der Waals surface area contributed by atoms with E-state index in [1.165, 1.54) is 34.6 Å². The van der Waals surface area contributed by atoms with Gasteiger partial charge in [0.2, 0.25) is 0 Å². The third-order valence-corrected chi connectivity index (χ3v) is 7.88. The molecule has 0 radical (unpaired) electrons. The van der Waals surface area contributed by atoms with Gasteiger partial charge in [0.25, 0.3) is 11.5 Å². The second kappa shape index (κ2) is 13.4. The summed E-state index contributed by atoms with van der Waals surface area (Å²) in [6.07, 6.45) is 1.54. The Hall–Kier alpha value is -5.20. The first-order valence-corrected chi connectivity index (χ1v) is 14.0. The second-order valence-corrected chi connectivity index (χ2v) is 10.9. The number of hydrogen-bond donors (Lipinski definition) is 3. The lowest BCUT2D eigenvalue weighted by atomic mass is 9.88. The lowest BCUT2D eigenvalue weighted by molar-refractivity contribution is -0.144. The maximum absolute atomic E-state index is 15.2. The molecule has 4 N–H and O–H groups in total. The summed E-state index contributed by atoms with van der Waals surface area (Å²) in [5.74, 6) is -2.42. The lowest BCUT2D eigenvalue weighted by Gasteiger charge is -2.28. The molecule has 0 aliphatic heterocycles. The number of nitrogens with zero attached hydrogens (tertiary/aromatic N) is 3. The largest absolute Gasteiger partial charge is 0.497 e. The molecule has 0 saturated heterocycles. The summed E-state index contributed by atoms with van der Waals surface area (Å²) in [4.78, 5) is 43.3. The van der Waals surface area contributed by atoms with Crippen molar-refractivity contribution in [2.75, 3.05) is 12.4 Å².